The number of hydrogen-bond donors (Lipinski definition) is 2. The molecule has 0 radical (unpaired) electrons. The summed E-state index contributed by atoms with van der Waals surface area (Å²) in [6, 6.07) is 14.9. The van der Waals surface area contributed by atoms with Crippen molar-refractivity contribution >= 4 is 11.6 Å². The number of hydrogen-bond acceptors (Lipinski definition) is 3. The van der Waals surface area contributed by atoms with E-state index < -0.39 is 0 Å². The number of fused-ring (bicyclic) bond motifs is 1. The Morgan fingerprint density at radius 1 is 1.05 bits per heavy atom. The maximum Gasteiger partial charge on any atom is 0.255 e. The zero-order chi connectivity index (χ0) is 13.9. The lowest BCUT2D eigenvalue weighted by atomic mass is 10.1. The summed E-state index contributed by atoms with van der Waals surface area (Å²) in [5.41, 5.74) is 2.47. The first-order chi connectivity index (χ1) is 9.78. The molecule has 2 aromatic carbocycles. The van der Waals surface area contributed by atoms with Crippen molar-refractivity contribution in [3.8, 4) is 5.75 Å². The van der Waals surface area contributed by atoms with E-state index in [2.05, 4.69) is 17.2 Å². The molecule has 1 aliphatic heterocycles. The van der Waals surface area contributed by atoms with E-state index in [-0.39, 0.29) is 12.1 Å². The lowest BCUT2D eigenvalue weighted by molar-refractivity contribution is 0.0935. The van der Waals surface area contributed by atoms with E-state index in [1.165, 1.54) is 6.26 Å². The zero-order valence-electron chi connectivity index (χ0n) is 10.8. The second-order valence-electron chi connectivity index (χ2n) is 4.45. The average Bonchev–Trinajstić information content (AvgIpc) is 2.48. The minimum absolute atomic E-state index is 0.0734. The van der Waals surface area contributed by atoms with Crippen LogP contribution in [0.5, 0.6) is 5.75 Å². The van der Waals surface area contributed by atoms with Gasteiger partial charge in [-0.2, -0.15) is 0 Å². The third-order valence-electron chi connectivity index (χ3n) is 3.18. The first-order valence-corrected chi connectivity index (χ1v) is 6.32. The van der Waals surface area contributed by atoms with Gasteiger partial charge in [0.25, 0.3) is 5.91 Å². The van der Waals surface area contributed by atoms with E-state index in [1.807, 2.05) is 42.5 Å². The number of ether oxygens (including phenoxy) is 1. The molecule has 0 aliphatic carbocycles. The molecule has 2 N–H and O–H groups in total. The van der Waals surface area contributed by atoms with Crippen LogP contribution >= 0.6 is 0 Å². The smallest absolute Gasteiger partial charge is 0.255 e. The van der Waals surface area contributed by atoms with Gasteiger partial charge in [-0.3, -0.25) is 4.79 Å². The summed E-state index contributed by atoms with van der Waals surface area (Å²) in [5, 5.41) is 6.23. The molecule has 0 saturated carbocycles. The summed E-state index contributed by atoms with van der Waals surface area (Å²) in [4.78, 5) is 12.0. The van der Waals surface area contributed by atoms with Crippen LogP contribution in [0.1, 0.15) is 22.1 Å². The summed E-state index contributed by atoms with van der Waals surface area (Å²) < 4.78 is 5.18. The fourth-order valence-electron chi connectivity index (χ4n) is 2.21. The van der Waals surface area contributed by atoms with E-state index in [0.29, 0.717) is 11.3 Å². The first-order valence-electron chi connectivity index (χ1n) is 6.32. The number of anilines is 1. The highest BCUT2D eigenvalue weighted by atomic mass is 16.5. The van der Waals surface area contributed by atoms with Gasteiger partial charge in [-0.25, -0.2) is 0 Å². The molecule has 2 aromatic rings. The second kappa shape index (κ2) is 5.09. The molecule has 4 heteroatoms. The van der Waals surface area contributed by atoms with Crippen molar-refractivity contribution < 1.29 is 9.53 Å². The quantitative estimate of drug-likeness (QED) is 0.839. The molecule has 20 heavy (non-hydrogen) atoms. The minimum atomic E-state index is -0.241. The number of para-hydroxylation sites is 1. The van der Waals surface area contributed by atoms with Crippen molar-refractivity contribution in [3.63, 3.8) is 0 Å². The third kappa shape index (κ3) is 2.23. The van der Waals surface area contributed by atoms with Crippen LogP contribution in [0.4, 0.5) is 5.69 Å². The van der Waals surface area contributed by atoms with Crippen molar-refractivity contribution in [1.29, 1.82) is 0 Å². The Labute approximate surface area is 117 Å². The molecular formula is C16H14N2O2. The summed E-state index contributed by atoms with van der Waals surface area (Å²) in [7, 11) is 0. The van der Waals surface area contributed by atoms with Gasteiger partial charge < -0.3 is 15.4 Å². The molecule has 1 aliphatic rings. The maximum atomic E-state index is 12.0. The summed E-state index contributed by atoms with van der Waals surface area (Å²) in [6.45, 7) is 3.51. The average molecular weight is 266 g/mol. The van der Waals surface area contributed by atoms with Gasteiger partial charge in [0, 0.05) is 5.69 Å². The van der Waals surface area contributed by atoms with E-state index in [0.717, 1.165) is 11.3 Å². The topological polar surface area (TPSA) is 50.4 Å². The molecule has 4 nitrogen and oxygen atoms in total. The fraction of sp³-hybridized carbons (Fsp3) is 0.0625. The van der Waals surface area contributed by atoms with Crippen LogP contribution in [0.25, 0.3) is 0 Å². The van der Waals surface area contributed by atoms with Gasteiger partial charge in [0.15, 0.2) is 0 Å². The van der Waals surface area contributed by atoms with Crippen molar-refractivity contribution in [2.75, 3.05) is 5.32 Å². The van der Waals surface area contributed by atoms with Crippen LogP contribution < -0.4 is 15.4 Å². The first kappa shape index (κ1) is 12.3. The van der Waals surface area contributed by atoms with E-state index in [4.69, 9.17) is 4.74 Å². The molecule has 0 spiro atoms. The molecule has 0 bridgehead atoms. The highest BCUT2D eigenvalue weighted by Crippen LogP contribution is 2.27. The van der Waals surface area contributed by atoms with Gasteiger partial charge in [-0.1, -0.05) is 30.8 Å². The molecule has 1 amide bonds. The Morgan fingerprint density at radius 2 is 1.80 bits per heavy atom. The van der Waals surface area contributed by atoms with Crippen molar-refractivity contribution in [1.82, 2.24) is 5.32 Å². The van der Waals surface area contributed by atoms with Gasteiger partial charge in [-0.15, -0.1) is 0 Å². The van der Waals surface area contributed by atoms with Gasteiger partial charge in [-0.05, 0) is 29.8 Å². The lowest BCUT2D eigenvalue weighted by Crippen LogP contribution is -2.38. The SMILES string of the molecule is C=COc1ccc(C2NC(=O)c3ccccc3N2)cc1. The normalized spacial score (nSPS) is 16.6. The Morgan fingerprint density at radius 3 is 2.55 bits per heavy atom. The van der Waals surface area contributed by atoms with Gasteiger partial charge in [0.05, 0.1) is 11.8 Å². The van der Waals surface area contributed by atoms with Crippen LogP contribution in [0.15, 0.2) is 61.4 Å². The fourth-order valence-corrected chi connectivity index (χ4v) is 2.21. The van der Waals surface area contributed by atoms with Crippen LogP contribution in [-0.4, -0.2) is 5.91 Å². The summed E-state index contributed by atoms with van der Waals surface area (Å²) >= 11 is 0. The molecule has 1 unspecified atom stereocenters. The molecule has 0 fully saturated rings. The minimum Gasteiger partial charge on any atom is -0.466 e. The molecular weight excluding hydrogens is 252 g/mol. The Balaban J connectivity index is 1.86. The standard InChI is InChI=1S/C16H14N2O2/c1-2-20-12-9-7-11(8-10-12)15-17-14-6-4-3-5-13(14)16(19)18-15/h2-10,15,17H,1H2,(H,18,19). The highest BCUT2D eigenvalue weighted by Gasteiger charge is 2.23. The van der Waals surface area contributed by atoms with Gasteiger partial charge >= 0.3 is 0 Å². The number of carbonyl (C=O) groups is 1. The molecule has 1 heterocycles. The maximum absolute atomic E-state index is 12.0. The van der Waals surface area contributed by atoms with Crippen LogP contribution in [0, 0.1) is 0 Å². The van der Waals surface area contributed by atoms with Crippen molar-refractivity contribution in [2.24, 2.45) is 0 Å². The van der Waals surface area contributed by atoms with Crippen LogP contribution in [-0.2, 0) is 0 Å². The molecule has 100 valence electrons. The van der Waals surface area contributed by atoms with Crippen molar-refractivity contribution in [2.45, 2.75) is 6.17 Å². The number of amides is 1. The van der Waals surface area contributed by atoms with E-state index >= 15 is 0 Å². The second-order valence-corrected chi connectivity index (χ2v) is 4.45. The highest BCUT2D eigenvalue weighted by molar-refractivity contribution is 6.01. The van der Waals surface area contributed by atoms with Gasteiger partial charge in [0.1, 0.15) is 11.9 Å². The van der Waals surface area contributed by atoms with Gasteiger partial charge in [0.2, 0.25) is 0 Å². The zero-order valence-corrected chi connectivity index (χ0v) is 10.8. The number of carbonyl (C=O) groups excluding carboxylic acids is 1. The third-order valence-corrected chi connectivity index (χ3v) is 3.18. The Kier molecular flexibility index (Phi) is 3.13. The van der Waals surface area contributed by atoms with E-state index in [9.17, 15) is 4.79 Å². The Hall–Kier alpha value is -2.75. The Bertz CT molecular complexity index is 650. The lowest BCUT2D eigenvalue weighted by Gasteiger charge is -2.28. The molecule has 1 atom stereocenters. The van der Waals surface area contributed by atoms with Crippen LogP contribution in [0.2, 0.25) is 0 Å². The van der Waals surface area contributed by atoms with Crippen LogP contribution in [0.3, 0.4) is 0 Å². The monoisotopic (exact) mass is 266 g/mol. The molecule has 0 aromatic heterocycles. The largest absolute Gasteiger partial charge is 0.466 e. The summed E-state index contributed by atoms with van der Waals surface area (Å²) in [5.74, 6) is 0.641. The predicted molar refractivity (Wildman–Crippen MR) is 77.5 cm³/mol. The van der Waals surface area contributed by atoms with Crippen molar-refractivity contribution in [3.05, 3.63) is 72.5 Å². The van der Waals surface area contributed by atoms with E-state index in [1.54, 1.807) is 6.07 Å². The summed E-state index contributed by atoms with van der Waals surface area (Å²) in [6.07, 6.45) is 1.14. The molecule has 3 rings (SSSR count). The molecule has 0 saturated heterocycles. The number of rotatable bonds is 3. The number of benzene rings is 2. The predicted octanol–water partition coefficient (Wildman–Crippen LogP) is 3.06. The number of nitrogens with one attached hydrogen (secondary N) is 2.